The second-order valence-corrected chi connectivity index (χ2v) is 5.64. The van der Waals surface area contributed by atoms with Gasteiger partial charge in [-0.15, -0.1) is 11.3 Å². The standard InChI is InChI=1S/C14H14N6O2S.H2/c1-8(21)15-5-3-11(22)20-14-19-10(6-23-14)12-9-2-4-16-13(9)18-7-17-12;/h2,4,6-7H,3,5H2,1H3,(H,15,21)(H,16,17,18)(H,19,20,22);1H. The van der Waals surface area contributed by atoms with Crippen LogP contribution in [0.4, 0.5) is 5.13 Å². The molecule has 0 saturated carbocycles. The Bertz CT molecular complexity index is 862. The van der Waals surface area contributed by atoms with Crippen LogP contribution >= 0.6 is 11.3 Å². The Morgan fingerprint density at radius 1 is 1.39 bits per heavy atom. The number of hydrogen-bond acceptors (Lipinski definition) is 6. The number of carbonyl (C=O) groups is 2. The van der Waals surface area contributed by atoms with E-state index in [1.165, 1.54) is 24.6 Å². The number of hydrogen-bond donors (Lipinski definition) is 3. The van der Waals surface area contributed by atoms with Gasteiger partial charge in [-0.3, -0.25) is 9.59 Å². The summed E-state index contributed by atoms with van der Waals surface area (Å²) in [5.41, 5.74) is 2.13. The number of aromatic nitrogens is 4. The summed E-state index contributed by atoms with van der Waals surface area (Å²) in [6.45, 7) is 1.71. The Morgan fingerprint density at radius 3 is 3.09 bits per heavy atom. The highest BCUT2D eigenvalue weighted by molar-refractivity contribution is 7.14. The van der Waals surface area contributed by atoms with Gasteiger partial charge in [0.15, 0.2) is 5.13 Å². The fourth-order valence-corrected chi connectivity index (χ4v) is 2.76. The van der Waals surface area contributed by atoms with Gasteiger partial charge in [0.05, 0.1) is 0 Å². The van der Waals surface area contributed by atoms with E-state index in [9.17, 15) is 9.59 Å². The van der Waals surface area contributed by atoms with Gasteiger partial charge in [-0.25, -0.2) is 15.0 Å². The third-order valence-corrected chi connectivity index (χ3v) is 3.83. The number of rotatable bonds is 5. The molecule has 0 saturated heterocycles. The van der Waals surface area contributed by atoms with Crippen LogP contribution in [0.15, 0.2) is 24.0 Å². The van der Waals surface area contributed by atoms with Crippen molar-refractivity contribution in [2.75, 3.05) is 11.9 Å². The molecular formula is C14H16N6O2S. The number of fused-ring (bicyclic) bond motifs is 1. The third kappa shape index (κ3) is 3.51. The van der Waals surface area contributed by atoms with Gasteiger partial charge in [-0.05, 0) is 6.07 Å². The highest BCUT2D eigenvalue weighted by atomic mass is 32.1. The van der Waals surface area contributed by atoms with E-state index in [2.05, 4.69) is 30.6 Å². The molecule has 0 aliphatic rings. The fraction of sp³-hybridized carbons (Fsp3) is 0.214. The Morgan fingerprint density at radius 2 is 2.26 bits per heavy atom. The summed E-state index contributed by atoms with van der Waals surface area (Å²) in [6.07, 6.45) is 3.46. The highest BCUT2D eigenvalue weighted by Crippen LogP contribution is 2.27. The number of aromatic amines is 1. The largest absolute Gasteiger partial charge is 0.356 e. The number of H-pyrrole nitrogens is 1. The van der Waals surface area contributed by atoms with Gasteiger partial charge in [0.1, 0.15) is 23.4 Å². The first kappa shape index (κ1) is 15.1. The lowest BCUT2D eigenvalue weighted by Crippen LogP contribution is -2.25. The van der Waals surface area contributed by atoms with Crippen LogP contribution in [0.3, 0.4) is 0 Å². The number of anilines is 1. The number of nitrogens with zero attached hydrogens (tertiary/aromatic N) is 3. The Labute approximate surface area is 136 Å². The van der Waals surface area contributed by atoms with Crippen molar-refractivity contribution in [2.24, 2.45) is 0 Å². The average Bonchev–Trinajstić information content (AvgIpc) is 3.15. The van der Waals surface area contributed by atoms with E-state index >= 15 is 0 Å². The van der Waals surface area contributed by atoms with Crippen molar-refractivity contribution in [3.63, 3.8) is 0 Å². The van der Waals surface area contributed by atoms with E-state index in [1.54, 1.807) is 6.20 Å². The number of amides is 2. The lowest BCUT2D eigenvalue weighted by molar-refractivity contribution is -0.119. The zero-order valence-corrected chi connectivity index (χ0v) is 13.1. The van der Waals surface area contributed by atoms with Crippen LogP contribution in [-0.2, 0) is 9.59 Å². The summed E-state index contributed by atoms with van der Waals surface area (Å²) >= 11 is 1.32. The maximum absolute atomic E-state index is 11.8. The molecule has 0 radical (unpaired) electrons. The van der Waals surface area contributed by atoms with E-state index in [1.807, 2.05) is 11.4 Å². The monoisotopic (exact) mass is 332 g/mol. The molecule has 0 bridgehead atoms. The number of nitrogens with one attached hydrogen (secondary N) is 3. The molecule has 3 heterocycles. The minimum atomic E-state index is -0.200. The summed E-state index contributed by atoms with van der Waals surface area (Å²) in [5.74, 6) is -0.359. The highest BCUT2D eigenvalue weighted by Gasteiger charge is 2.12. The van der Waals surface area contributed by atoms with Crippen molar-refractivity contribution in [2.45, 2.75) is 13.3 Å². The van der Waals surface area contributed by atoms with Crippen LogP contribution < -0.4 is 10.6 Å². The molecule has 3 aromatic heterocycles. The summed E-state index contributed by atoms with van der Waals surface area (Å²) in [4.78, 5) is 38.4. The molecule has 23 heavy (non-hydrogen) atoms. The molecule has 0 atom stereocenters. The predicted molar refractivity (Wildman–Crippen MR) is 89.0 cm³/mol. The maximum Gasteiger partial charge on any atom is 0.227 e. The van der Waals surface area contributed by atoms with Crippen LogP contribution in [-0.4, -0.2) is 38.3 Å². The molecule has 120 valence electrons. The van der Waals surface area contributed by atoms with Gasteiger partial charge in [-0.2, -0.15) is 0 Å². The molecule has 3 rings (SSSR count). The molecule has 8 nitrogen and oxygen atoms in total. The quantitative estimate of drug-likeness (QED) is 0.659. The Hall–Kier alpha value is -2.81. The van der Waals surface area contributed by atoms with Gasteiger partial charge in [0.25, 0.3) is 0 Å². The normalized spacial score (nSPS) is 10.7. The zero-order chi connectivity index (χ0) is 16.2. The second kappa shape index (κ2) is 6.53. The fourth-order valence-electron chi connectivity index (χ4n) is 2.05. The molecule has 3 aromatic rings. The van der Waals surface area contributed by atoms with Gasteiger partial charge < -0.3 is 15.6 Å². The summed E-state index contributed by atoms with van der Waals surface area (Å²) in [7, 11) is 0. The summed E-state index contributed by atoms with van der Waals surface area (Å²) in [6, 6.07) is 1.88. The first-order valence-electron chi connectivity index (χ1n) is 6.92. The van der Waals surface area contributed by atoms with Crippen molar-refractivity contribution >= 4 is 39.3 Å². The lowest BCUT2D eigenvalue weighted by atomic mass is 10.2. The minimum absolute atomic E-state index is 0. The molecule has 0 fully saturated rings. The van der Waals surface area contributed by atoms with Crippen LogP contribution in [0.2, 0.25) is 0 Å². The van der Waals surface area contributed by atoms with E-state index in [0.29, 0.717) is 23.1 Å². The smallest absolute Gasteiger partial charge is 0.227 e. The molecule has 0 aliphatic heterocycles. The van der Waals surface area contributed by atoms with Crippen molar-refractivity contribution in [3.8, 4) is 11.4 Å². The molecule has 0 spiro atoms. The van der Waals surface area contributed by atoms with E-state index < -0.39 is 0 Å². The van der Waals surface area contributed by atoms with Crippen LogP contribution in [0.5, 0.6) is 0 Å². The molecule has 9 heteroatoms. The van der Waals surface area contributed by atoms with Crippen LogP contribution in [0.25, 0.3) is 22.4 Å². The van der Waals surface area contributed by atoms with E-state index in [-0.39, 0.29) is 19.7 Å². The minimum Gasteiger partial charge on any atom is -0.356 e. The molecule has 2 amide bonds. The average molecular weight is 332 g/mol. The van der Waals surface area contributed by atoms with Gasteiger partial charge in [0.2, 0.25) is 11.8 Å². The van der Waals surface area contributed by atoms with Crippen molar-refractivity contribution in [3.05, 3.63) is 24.0 Å². The topological polar surface area (TPSA) is 113 Å². The third-order valence-electron chi connectivity index (χ3n) is 3.07. The lowest BCUT2D eigenvalue weighted by Gasteiger charge is -2.02. The number of thiazole rings is 1. The Kier molecular flexibility index (Phi) is 4.29. The van der Waals surface area contributed by atoms with Gasteiger partial charge >= 0.3 is 0 Å². The molecule has 0 unspecified atom stereocenters. The molecule has 0 aliphatic carbocycles. The first-order valence-corrected chi connectivity index (χ1v) is 7.80. The number of carbonyl (C=O) groups excluding carboxylic acids is 2. The van der Waals surface area contributed by atoms with Crippen molar-refractivity contribution < 1.29 is 11.0 Å². The summed E-state index contributed by atoms with van der Waals surface area (Å²) in [5, 5.41) is 8.49. The second-order valence-electron chi connectivity index (χ2n) is 4.78. The van der Waals surface area contributed by atoms with Crippen molar-refractivity contribution in [1.82, 2.24) is 25.3 Å². The van der Waals surface area contributed by atoms with Crippen LogP contribution in [0.1, 0.15) is 14.8 Å². The SMILES string of the molecule is CC(=O)NCCC(=O)Nc1nc(-c2ncnc3[nH]ccc23)cs1.[HH]. The maximum atomic E-state index is 11.8. The van der Waals surface area contributed by atoms with Gasteiger partial charge in [-0.1, -0.05) is 0 Å². The van der Waals surface area contributed by atoms with Crippen molar-refractivity contribution in [1.29, 1.82) is 0 Å². The van der Waals surface area contributed by atoms with E-state index in [0.717, 1.165) is 11.0 Å². The molecule has 3 N–H and O–H groups in total. The molecular weight excluding hydrogens is 316 g/mol. The predicted octanol–water partition coefficient (Wildman–Crippen LogP) is 1.79. The van der Waals surface area contributed by atoms with Gasteiger partial charge in [0, 0.05) is 38.3 Å². The van der Waals surface area contributed by atoms with E-state index in [4.69, 9.17) is 0 Å². The zero-order valence-electron chi connectivity index (χ0n) is 12.3. The molecule has 0 aromatic carbocycles. The Balaban J connectivity index is 0.00000208. The van der Waals surface area contributed by atoms with Crippen LogP contribution in [0, 0.1) is 0 Å². The first-order chi connectivity index (χ1) is 11.1. The summed E-state index contributed by atoms with van der Waals surface area (Å²) < 4.78 is 0.